The number of anilines is 4. The number of carbonyl (C=O) groups excluding carboxylic acids is 1. The Balaban J connectivity index is 2.14. The summed E-state index contributed by atoms with van der Waals surface area (Å²) in [7, 11) is 0. The van der Waals surface area contributed by atoms with Crippen LogP contribution in [0.1, 0.15) is 32.4 Å². The van der Waals surface area contributed by atoms with Gasteiger partial charge in [0.15, 0.2) is 5.82 Å². The van der Waals surface area contributed by atoms with Crippen LogP contribution in [0.5, 0.6) is 0 Å². The first-order chi connectivity index (χ1) is 12.9. The number of unbranched alkanes of at least 4 members (excludes halogenated alkanes) is 1. The summed E-state index contributed by atoms with van der Waals surface area (Å²) in [6.07, 6.45) is 2.12. The standard InChI is InChI=1S/C20H24ClFN4O/c1-4-6-9-25(5-2)17-10-13(3)23-20-19(17)24-18(27)12-26(20)16-11-14(21)7-8-15(16)22/h7-8,10-11H,4-6,9,12H2,1-3H3,(H,24,27). The molecule has 0 unspecified atom stereocenters. The van der Waals surface area contributed by atoms with Crippen LogP contribution < -0.4 is 15.1 Å². The van der Waals surface area contributed by atoms with E-state index in [9.17, 15) is 9.18 Å². The summed E-state index contributed by atoms with van der Waals surface area (Å²) in [5, 5.41) is 3.35. The van der Waals surface area contributed by atoms with Crippen LogP contribution in [0.4, 0.5) is 27.3 Å². The highest BCUT2D eigenvalue weighted by Gasteiger charge is 2.30. The Kier molecular flexibility index (Phi) is 5.85. The van der Waals surface area contributed by atoms with E-state index in [1.165, 1.54) is 18.2 Å². The topological polar surface area (TPSA) is 48.5 Å². The van der Waals surface area contributed by atoms with Gasteiger partial charge in [-0.2, -0.15) is 0 Å². The lowest BCUT2D eigenvalue weighted by Crippen LogP contribution is -2.38. The SMILES string of the molecule is CCCCN(CC)c1cc(C)nc2c1NC(=O)CN2c1cc(Cl)ccc1F. The Morgan fingerprint density at radius 1 is 1.33 bits per heavy atom. The second-order valence-electron chi connectivity index (χ2n) is 6.64. The minimum Gasteiger partial charge on any atom is -0.370 e. The van der Waals surface area contributed by atoms with Crippen molar-refractivity contribution in [1.82, 2.24) is 4.98 Å². The van der Waals surface area contributed by atoms with E-state index in [2.05, 4.69) is 29.0 Å². The fourth-order valence-electron chi connectivity index (χ4n) is 3.29. The molecule has 2 aromatic rings. The third kappa shape index (κ3) is 4.00. The molecule has 0 saturated carbocycles. The molecule has 2 heterocycles. The van der Waals surface area contributed by atoms with Gasteiger partial charge in [0.2, 0.25) is 5.91 Å². The molecule has 3 rings (SSSR count). The number of pyridine rings is 1. The first-order valence-corrected chi connectivity index (χ1v) is 9.61. The molecule has 144 valence electrons. The lowest BCUT2D eigenvalue weighted by molar-refractivity contribution is -0.115. The minimum atomic E-state index is -0.441. The molecule has 0 atom stereocenters. The average molecular weight is 391 g/mol. The first-order valence-electron chi connectivity index (χ1n) is 9.23. The van der Waals surface area contributed by atoms with Crippen LogP contribution >= 0.6 is 11.6 Å². The van der Waals surface area contributed by atoms with Crippen molar-refractivity contribution in [2.45, 2.75) is 33.6 Å². The number of hydrogen-bond donors (Lipinski definition) is 1. The molecule has 0 fully saturated rings. The van der Waals surface area contributed by atoms with Crippen molar-refractivity contribution in [3.05, 3.63) is 40.8 Å². The number of benzene rings is 1. The molecule has 1 aromatic heterocycles. The molecule has 27 heavy (non-hydrogen) atoms. The molecule has 1 aromatic carbocycles. The third-order valence-electron chi connectivity index (χ3n) is 4.63. The van der Waals surface area contributed by atoms with Crippen LogP contribution in [0.2, 0.25) is 5.02 Å². The predicted octanol–water partition coefficient (Wildman–Crippen LogP) is 4.90. The van der Waals surface area contributed by atoms with Gasteiger partial charge in [0.1, 0.15) is 18.0 Å². The number of carbonyl (C=O) groups is 1. The van der Waals surface area contributed by atoms with Gasteiger partial charge in [-0.15, -0.1) is 0 Å². The molecule has 0 aliphatic carbocycles. The lowest BCUT2D eigenvalue weighted by Gasteiger charge is -2.34. The van der Waals surface area contributed by atoms with Gasteiger partial charge >= 0.3 is 0 Å². The number of nitrogens with zero attached hydrogens (tertiary/aromatic N) is 3. The van der Waals surface area contributed by atoms with Crippen molar-refractivity contribution in [2.75, 3.05) is 34.8 Å². The number of fused-ring (bicyclic) bond motifs is 1. The highest BCUT2D eigenvalue weighted by atomic mass is 35.5. The summed E-state index contributed by atoms with van der Waals surface area (Å²) < 4.78 is 14.5. The number of hydrogen-bond acceptors (Lipinski definition) is 4. The van der Waals surface area contributed by atoms with Gasteiger partial charge < -0.3 is 15.1 Å². The second kappa shape index (κ2) is 8.13. The number of aromatic nitrogens is 1. The molecule has 0 spiro atoms. The van der Waals surface area contributed by atoms with Gasteiger partial charge in [-0.25, -0.2) is 9.37 Å². The normalized spacial score (nSPS) is 13.4. The quantitative estimate of drug-likeness (QED) is 0.762. The van der Waals surface area contributed by atoms with E-state index >= 15 is 0 Å². The van der Waals surface area contributed by atoms with Gasteiger partial charge in [-0.1, -0.05) is 24.9 Å². The Hall–Kier alpha value is -2.34. The van der Waals surface area contributed by atoms with Gasteiger partial charge in [-0.05, 0) is 44.5 Å². The van der Waals surface area contributed by atoms with Crippen molar-refractivity contribution < 1.29 is 9.18 Å². The smallest absolute Gasteiger partial charge is 0.244 e. The van der Waals surface area contributed by atoms with Gasteiger partial charge in [-0.3, -0.25) is 4.79 Å². The highest BCUT2D eigenvalue weighted by molar-refractivity contribution is 6.30. The van der Waals surface area contributed by atoms with E-state index in [0.717, 1.165) is 37.3 Å². The molecule has 0 radical (unpaired) electrons. The van der Waals surface area contributed by atoms with Crippen LogP contribution in [-0.4, -0.2) is 30.5 Å². The van der Waals surface area contributed by atoms with Crippen LogP contribution in [-0.2, 0) is 4.79 Å². The van der Waals surface area contributed by atoms with Crippen molar-refractivity contribution in [1.29, 1.82) is 0 Å². The fraction of sp³-hybridized carbons (Fsp3) is 0.400. The monoisotopic (exact) mass is 390 g/mol. The Morgan fingerprint density at radius 3 is 2.81 bits per heavy atom. The van der Waals surface area contributed by atoms with E-state index < -0.39 is 5.82 Å². The summed E-state index contributed by atoms with van der Waals surface area (Å²) in [4.78, 5) is 20.8. The van der Waals surface area contributed by atoms with Crippen molar-refractivity contribution in [3.63, 3.8) is 0 Å². The highest BCUT2D eigenvalue weighted by Crippen LogP contribution is 2.41. The fourth-order valence-corrected chi connectivity index (χ4v) is 3.46. The zero-order valence-electron chi connectivity index (χ0n) is 15.9. The molecule has 5 nitrogen and oxygen atoms in total. The number of halogens is 2. The van der Waals surface area contributed by atoms with E-state index in [-0.39, 0.29) is 18.1 Å². The molecule has 0 bridgehead atoms. The Labute approximate surface area is 164 Å². The summed E-state index contributed by atoms with van der Waals surface area (Å²) in [6, 6.07) is 6.29. The maximum atomic E-state index is 14.5. The number of amides is 1. The molecule has 1 amide bonds. The Bertz CT molecular complexity index is 858. The lowest BCUT2D eigenvalue weighted by atomic mass is 10.1. The molecular formula is C20H24ClFN4O. The molecule has 1 aliphatic heterocycles. The van der Waals surface area contributed by atoms with E-state index in [1.807, 2.05) is 13.0 Å². The van der Waals surface area contributed by atoms with E-state index in [0.29, 0.717) is 16.5 Å². The van der Waals surface area contributed by atoms with Crippen LogP contribution in [0.25, 0.3) is 0 Å². The summed E-state index contributed by atoms with van der Waals surface area (Å²) >= 11 is 6.07. The van der Waals surface area contributed by atoms with Crippen molar-refractivity contribution in [2.24, 2.45) is 0 Å². The molecule has 0 saturated heterocycles. The number of nitrogens with one attached hydrogen (secondary N) is 1. The predicted molar refractivity (Wildman–Crippen MR) is 109 cm³/mol. The summed E-state index contributed by atoms with van der Waals surface area (Å²) in [5.41, 5.74) is 2.59. The maximum absolute atomic E-state index is 14.5. The van der Waals surface area contributed by atoms with E-state index in [1.54, 1.807) is 4.90 Å². The zero-order valence-corrected chi connectivity index (χ0v) is 16.6. The number of rotatable bonds is 6. The molecule has 1 aliphatic rings. The molecule has 1 N–H and O–H groups in total. The minimum absolute atomic E-state index is 0.0127. The second-order valence-corrected chi connectivity index (χ2v) is 7.08. The largest absolute Gasteiger partial charge is 0.370 e. The Morgan fingerprint density at radius 2 is 2.11 bits per heavy atom. The third-order valence-corrected chi connectivity index (χ3v) is 4.87. The molecular weight excluding hydrogens is 367 g/mol. The van der Waals surface area contributed by atoms with Crippen LogP contribution in [0.3, 0.4) is 0 Å². The van der Waals surface area contributed by atoms with Gasteiger partial charge in [0, 0.05) is 23.8 Å². The number of aryl methyl sites for hydroxylation is 1. The molecule has 7 heteroatoms. The summed E-state index contributed by atoms with van der Waals surface area (Å²) in [5.74, 6) is -0.107. The van der Waals surface area contributed by atoms with Crippen LogP contribution in [0, 0.1) is 12.7 Å². The maximum Gasteiger partial charge on any atom is 0.244 e. The summed E-state index contributed by atoms with van der Waals surface area (Å²) in [6.45, 7) is 7.80. The first kappa shape index (κ1) is 19.4. The zero-order chi connectivity index (χ0) is 19.6. The van der Waals surface area contributed by atoms with Gasteiger partial charge in [0.25, 0.3) is 0 Å². The van der Waals surface area contributed by atoms with Crippen molar-refractivity contribution in [3.8, 4) is 0 Å². The van der Waals surface area contributed by atoms with E-state index in [4.69, 9.17) is 11.6 Å². The van der Waals surface area contributed by atoms with Gasteiger partial charge in [0.05, 0.1) is 11.4 Å². The van der Waals surface area contributed by atoms with Crippen LogP contribution in [0.15, 0.2) is 24.3 Å². The average Bonchev–Trinajstić information content (AvgIpc) is 2.64. The van der Waals surface area contributed by atoms with Crippen molar-refractivity contribution >= 4 is 40.4 Å².